The lowest BCUT2D eigenvalue weighted by molar-refractivity contribution is 0.417. The van der Waals surface area contributed by atoms with Gasteiger partial charge in [0.1, 0.15) is 10.8 Å². The molecule has 0 saturated carbocycles. The average Bonchev–Trinajstić information content (AvgIpc) is 2.50. The first-order valence-electron chi connectivity index (χ1n) is 6.06. The highest BCUT2D eigenvalue weighted by Crippen LogP contribution is 2.41. The molecule has 3 aromatic rings. The van der Waals surface area contributed by atoms with Crippen molar-refractivity contribution in [3.05, 3.63) is 51.9 Å². The Hall–Kier alpha value is -1.55. The van der Waals surface area contributed by atoms with Crippen LogP contribution in [0.2, 0.25) is 15.5 Å². The average molecular weight is 340 g/mol. The fraction of sp³-hybridized carbons (Fsp3) is 0.0667. The van der Waals surface area contributed by atoms with Gasteiger partial charge < -0.3 is 4.74 Å². The first-order valence-corrected chi connectivity index (χ1v) is 7.20. The number of hydrogen-bond donors (Lipinski definition) is 0. The molecule has 0 amide bonds. The maximum absolute atomic E-state index is 6.26. The molecule has 0 unspecified atom stereocenters. The number of halogens is 3. The van der Waals surface area contributed by atoms with Crippen LogP contribution in [0.25, 0.3) is 22.0 Å². The summed E-state index contributed by atoms with van der Waals surface area (Å²) in [4.78, 5) is 8.06. The lowest BCUT2D eigenvalue weighted by atomic mass is 10.0. The Labute approximate surface area is 136 Å². The molecule has 0 atom stereocenters. The molecule has 3 nitrogen and oxygen atoms in total. The second-order valence-corrected chi connectivity index (χ2v) is 5.38. The maximum Gasteiger partial charge on any atom is 0.224 e. The molecule has 21 heavy (non-hydrogen) atoms. The van der Waals surface area contributed by atoms with Gasteiger partial charge in [0.05, 0.1) is 18.4 Å². The highest BCUT2D eigenvalue weighted by molar-refractivity contribution is 6.43. The number of methoxy groups -OCH3 is 1. The highest BCUT2D eigenvalue weighted by atomic mass is 35.5. The summed E-state index contributed by atoms with van der Waals surface area (Å²) in [6.45, 7) is 0. The minimum Gasteiger partial charge on any atom is -0.496 e. The van der Waals surface area contributed by atoms with E-state index in [4.69, 9.17) is 39.5 Å². The fourth-order valence-corrected chi connectivity index (χ4v) is 2.79. The molecule has 3 rings (SSSR count). The van der Waals surface area contributed by atoms with Gasteiger partial charge in [0.25, 0.3) is 0 Å². The van der Waals surface area contributed by atoms with Gasteiger partial charge in [-0.1, -0.05) is 53.5 Å². The maximum atomic E-state index is 6.26. The van der Waals surface area contributed by atoms with Crippen molar-refractivity contribution >= 4 is 45.6 Å². The van der Waals surface area contributed by atoms with Crippen molar-refractivity contribution in [2.24, 2.45) is 0 Å². The van der Waals surface area contributed by atoms with E-state index in [1.165, 1.54) is 0 Å². The Balaban J connectivity index is 2.44. The molecule has 1 aromatic heterocycles. The van der Waals surface area contributed by atoms with Crippen LogP contribution in [-0.2, 0) is 0 Å². The van der Waals surface area contributed by atoms with Crippen LogP contribution in [-0.4, -0.2) is 17.1 Å². The molecule has 0 aliphatic rings. The number of ether oxygens (including phenoxy) is 1. The van der Waals surface area contributed by atoms with Gasteiger partial charge in [-0.3, -0.25) is 0 Å². The molecule has 0 aliphatic heterocycles. The zero-order valence-corrected chi connectivity index (χ0v) is 13.2. The molecular formula is C15H9Cl3N2O. The third-order valence-electron chi connectivity index (χ3n) is 3.13. The number of nitrogens with zero attached hydrogens (tertiary/aromatic N) is 2. The van der Waals surface area contributed by atoms with Crippen LogP contribution in [0.3, 0.4) is 0 Å². The van der Waals surface area contributed by atoms with Gasteiger partial charge in [-0.15, -0.1) is 0 Å². The number of hydrogen-bond acceptors (Lipinski definition) is 3. The van der Waals surface area contributed by atoms with Crippen LogP contribution in [0.15, 0.2) is 36.4 Å². The van der Waals surface area contributed by atoms with Crippen molar-refractivity contribution in [1.82, 2.24) is 9.97 Å². The molecule has 0 N–H and O–H groups in total. The number of benzene rings is 2. The molecule has 0 spiro atoms. The summed E-state index contributed by atoms with van der Waals surface area (Å²) in [6, 6.07) is 11.7. The third-order valence-corrected chi connectivity index (χ3v) is 4.03. The second-order valence-electron chi connectivity index (χ2n) is 4.31. The van der Waals surface area contributed by atoms with E-state index in [2.05, 4.69) is 9.97 Å². The lowest BCUT2D eigenvalue weighted by Crippen LogP contribution is -1.95. The number of aromatic nitrogens is 2. The summed E-state index contributed by atoms with van der Waals surface area (Å²) >= 11 is 18.2. The van der Waals surface area contributed by atoms with Crippen molar-refractivity contribution in [2.45, 2.75) is 0 Å². The monoisotopic (exact) mass is 338 g/mol. The highest BCUT2D eigenvalue weighted by Gasteiger charge is 2.18. The molecular weight excluding hydrogens is 331 g/mol. The van der Waals surface area contributed by atoms with E-state index >= 15 is 0 Å². The first-order chi connectivity index (χ1) is 10.1. The van der Waals surface area contributed by atoms with Gasteiger partial charge in [-0.2, -0.15) is 0 Å². The smallest absolute Gasteiger partial charge is 0.224 e. The lowest BCUT2D eigenvalue weighted by Gasteiger charge is -2.13. The topological polar surface area (TPSA) is 35.0 Å². The normalized spacial score (nSPS) is 10.9. The van der Waals surface area contributed by atoms with E-state index in [-0.39, 0.29) is 15.5 Å². The van der Waals surface area contributed by atoms with Gasteiger partial charge in [-0.25, -0.2) is 9.97 Å². The minimum absolute atomic E-state index is 0.0365. The van der Waals surface area contributed by atoms with Gasteiger partial charge in [0.15, 0.2) is 5.15 Å². The predicted octanol–water partition coefficient (Wildman–Crippen LogP) is 5.27. The van der Waals surface area contributed by atoms with E-state index in [1.54, 1.807) is 7.11 Å². The quantitative estimate of drug-likeness (QED) is 0.471. The van der Waals surface area contributed by atoms with Crippen LogP contribution in [0.5, 0.6) is 5.75 Å². The largest absolute Gasteiger partial charge is 0.496 e. The molecule has 2 aromatic carbocycles. The molecule has 0 aliphatic carbocycles. The second kappa shape index (κ2) is 5.68. The SMILES string of the molecule is COc1ccc2ccccc2c1-c1nc(Cl)nc(Cl)c1Cl. The van der Waals surface area contributed by atoms with E-state index in [0.29, 0.717) is 11.4 Å². The van der Waals surface area contributed by atoms with Crippen molar-refractivity contribution in [1.29, 1.82) is 0 Å². The van der Waals surface area contributed by atoms with E-state index in [1.807, 2.05) is 36.4 Å². The standard InChI is InChI=1S/C15H9Cl3N2O/c1-21-10-7-6-8-4-2-3-5-9(8)11(10)13-12(16)14(17)20-15(18)19-13/h2-7H,1H3. The predicted molar refractivity (Wildman–Crippen MR) is 86.6 cm³/mol. The van der Waals surface area contributed by atoms with Crippen molar-refractivity contribution in [2.75, 3.05) is 7.11 Å². The zero-order valence-electron chi connectivity index (χ0n) is 10.9. The van der Waals surface area contributed by atoms with E-state index in [9.17, 15) is 0 Å². The van der Waals surface area contributed by atoms with E-state index < -0.39 is 0 Å². The Kier molecular flexibility index (Phi) is 3.89. The Morgan fingerprint density at radius 1 is 0.952 bits per heavy atom. The third kappa shape index (κ3) is 2.53. The molecule has 0 saturated heterocycles. The first kappa shape index (κ1) is 14.4. The van der Waals surface area contributed by atoms with Crippen LogP contribution in [0, 0.1) is 0 Å². The summed E-state index contributed by atoms with van der Waals surface area (Å²) < 4.78 is 5.44. The van der Waals surface area contributed by atoms with Crippen LogP contribution < -0.4 is 4.74 Å². The van der Waals surface area contributed by atoms with Gasteiger partial charge in [-0.05, 0) is 28.4 Å². The zero-order chi connectivity index (χ0) is 15.0. The van der Waals surface area contributed by atoms with Gasteiger partial charge >= 0.3 is 0 Å². The molecule has 0 radical (unpaired) electrons. The Morgan fingerprint density at radius 3 is 2.48 bits per heavy atom. The van der Waals surface area contributed by atoms with Crippen LogP contribution in [0.1, 0.15) is 0 Å². The van der Waals surface area contributed by atoms with E-state index in [0.717, 1.165) is 16.3 Å². The van der Waals surface area contributed by atoms with Crippen molar-refractivity contribution in [3.63, 3.8) is 0 Å². The number of fused-ring (bicyclic) bond motifs is 1. The van der Waals surface area contributed by atoms with Crippen LogP contribution >= 0.6 is 34.8 Å². The fourth-order valence-electron chi connectivity index (χ4n) is 2.23. The Bertz CT molecular complexity index is 837. The molecule has 1 heterocycles. The number of rotatable bonds is 2. The summed E-state index contributed by atoms with van der Waals surface area (Å²) in [5.41, 5.74) is 1.20. The van der Waals surface area contributed by atoms with Crippen molar-refractivity contribution < 1.29 is 4.74 Å². The minimum atomic E-state index is 0.0365. The molecule has 106 valence electrons. The van der Waals surface area contributed by atoms with Gasteiger partial charge in [0, 0.05) is 0 Å². The summed E-state index contributed by atoms with van der Waals surface area (Å²) in [5, 5.41) is 2.38. The molecule has 0 fully saturated rings. The van der Waals surface area contributed by atoms with Crippen molar-refractivity contribution in [3.8, 4) is 17.0 Å². The van der Waals surface area contributed by atoms with Gasteiger partial charge in [0.2, 0.25) is 5.28 Å². The summed E-state index contributed by atoms with van der Waals surface area (Å²) in [7, 11) is 1.59. The summed E-state index contributed by atoms with van der Waals surface area (Å²) in [5.74, 6) is 0.640. The molecule has 0 bridgehead atoms. The Morgan fingerprint density at radius 2 is 1.71 bits per heavy atom. The molecule has 6 heteroatoms. The van der Waals surface area contributed by atoms with Crippen LogP contribution in [0.4, 0.5) is 0 Å². The summed E-state index contributed by atoms with van der Waals surface area (Å²) in [6.07, 6.45) is 0.